The molecule has 21 heavy (non-hydrogen) atoms. The van der Waals surface area contributed by atoms with E-state index in [1.807, 2.05) is 0 Å². The molecule has 0 heterocycles. The van der Waals surface area contributed by atoms with E-state index in [4.69, 9.17) is 10.2 Å². The predicted molar refractivity (Wildman–Crippen MR) is 66.7 cm³/mol. The molecule has 0 saturated heterocycles. The number of carboxylic acid groups (broad SMARTS) is 1. The molecule has 122 valence electrons. The lowest BCUT2D eigenvalue weighted by molar-refractivity contribution is -0.142. The highest BCUT2D eigenvalue weighted by molar-refractivity contribution is 5.77. The first-order valence-corrected chi connectivity index (χ1v) is 6.64. The lowest BCUT2D eigenvalue weighted by Gasteiger charge is -2.32. The Balaban J connectivity index is 2.75. The Morgan fingerprint density at radius 2 is 1.81 bits per heavy atom. The summed E-state index contributed by atoms with van der Waals surface area (Å²) in [6, 6.07) is -0.996. The largest absolute Gasteiger partial charge is 0.481 e. The zero-order valence-electron chi connectivity index (χ0n) is 11.4. The summed E-state index contributed by atoms with van der Waals surface area (Å²) >= 11 is 0. The Morgan fingerprint density at radius 1 is 1.24 bits per heavy atom. The molecule has 3 N–H and O–H groups in total. The van der Waals surface area contributed by atoms with Crippen molar-refractivity contribution in [3.05, 3.63) is 0 Å². The number of halogens is 3. The van der Waals surface area contributed by atoms with Gasteiger partial charge in [0.2, 0.25) is 0 Å². The van der Waals surface area contributed by atoms with Gasteiger partial charge in [-0.05, 0) is 12.8 Å². The Morgan fingerprint density at radius 3 is 2.24 bits per heavy atom. The average Bonchev–Trinajstić information content (AvgIpc) is 2.74. The van der Waals surface area contributed by atoms with Gasteiger partial charge in [0.1, 0.15) is 6.54 Å². The molecule has 0 atom stereocenters. The number of rotatable bonds is 6. The maximum atomic E-state index is 12.4. The van der Waals surface area contributed by atoms with Crippen LogP contribution in [-0.4, -0.2) is 58.5 Å². The van der Waals surface area contributed by atoms with Crippen molar-refractivity contribution < 1.29 is 33.0 Å². The van der Waals surface area contributed by atoms with Crippen LogP contribution in [-0.2, 0) is 4.79 Å². The SMILES string of the molecule is O=C(O)CC1(NC(=O)N(CCO)CC(F)(F)F)CCCC1. The quantitative estimate of drug-likeness (QED) is 0.690. The molecule has 0 unspecified atom stereocenters. The molecule has 1 fully saturated rings. The van der Waals surface area contributed by atoms with Gasteiger partial charge < -0.3 is 20.4 Å². The third-order valence-electron chi connectivity index (χ3n) is 3.45. The number of carbonyl (C=O) groups excluding carboxylic acids is 1. The predicted octanol–water partition coefficient (Wildman–Crippen LogP) is 1.34. The Kier molecular flexibility index (Phi) is 5.82. The number of alkyl halides is 3. The van der Waals surface area contributed by atoms with E-state index in [0.717, 1.165) is 0 Å². The molecule has 0 bridgehead atoms. The molecular formula is C12H19F3N2O4. The lowest BCUT2D eigenvalue weighted by Crippen LogP contribution is -2.55. The number of carboxylic acids is 1. The first kappa shape index (κ1) is 17.5. The van der Waals surface area contributed by atoms with E-state index in [9.17, 15) is 22.8 Å². The number of aliphatic carboxylic acids is 1. The molecule has 0 aliphatic heterocycles. The smallest absolute Gasteiger partial charge is 0.406 e. The normalized spacial score (nSPS) is 17.5. The van der Waals surface area contributed by atoms with E-state index in [2.05, 4.69) is 5.32 Å². The Hall–Kier alpha value is -1.51. The fraction of sp³-hybridized carbons (Fsp3) is 0.833. The van der Waals surface area contributed by atoms with Gasteiger partial charge in [0.15, 0.2) is 0 Å². The van der Waals surface area contributed by atoms with Gasteiger partial charge in [-0.3, -0.25) is 4.79 Å². The van der Waals surface area contributed by atoms with E-state index in [1.54, 1.807) is 0 Å². The van der Waals surface area contributed by atoms with E-state index in [0.29, 0.717) is 30.6 Å². The minimum Gasteiger partial charge on any atom is -0.481 e. The first-order chi connectivity index (χ1) is 9.67. The number of urea groups is 1. The van der Waals surface area contributed by atoms with Crippen molar-refractivity contribution in [3.63, 3.8) is 0 Å². The molecule has 1 aliphatic rings. The topological polar surface area (TPSA) is 89.9 Å². The van der Waals surface area contributed by atoms with E-state index in [-0.39, 0.29) is 6.42 Å². The van der Waals surface area contributed by atoms with Crippen LogP contribution in [0.2, 0.25) is 0 Å². The molecule has 6 nitrogen and oxygen atoms in total. The molecule has 2 amide bonds. The number of nitrogens with one attached hydrogen (secondary N) is 1. The molecule has 0 spiro atoms. The number of amides is 2. The van der Waals surface area contributed by atoms with Crippen LogP contribution in [0.15, 0.2) is 0 Å². The van der Waals surface area contributed by atoms with Gasteiger partial charge in [0.05, 0.1) is 18.6 Å². The molecule has 9 heteroatoms. The van der Waals surface area contributed by atoms with Crippen molar-refractivity contribution in [3.8, 4) is 0 Å². The Bertz CT molecular complexity index is 381. The second-order valence-corrected chi connectivity index (χ2v) is 5.25. The van der Waals surface area contributed by atoms with E-state index in [1.165, 1.54) is 0 Å². The second-order valence-electron chi connectivity index (χ2n) is 5.25. The van der Waals surface area contributed by atoms with Crippen molar-refractivity contribution in [2.24, 2.45) is 0 Å². The van der Waals surface area contributed by atoms with Crippen LogP contribution in [0.4, 0.5) is 18.0 Å². The van der Waals surface area contributed by atoms with Crippen molar-refractivity contribution in [1.82, 2.24) is 10.2 Å². The summed E-state index contributed by atoms with van der Waals surface area (Å²) in [7, 11) is 0. The van der Waals surface area contributed by atoms with Gasteiger partial charge in [-0.2, -0.15) is 13.2 Å². The summed E-state index contributed by atoms with van der Waals surface area (Å²) in [5.41, 5.74) is -0.998. The summed E-state index contributed by atoms with van der Waals surface area (Å²) in [6.07, 6.45) is -2.63. The maximum absolute atomic E-state index is 12.4. The van der Waals surface area contributed by atoms with Crippen molar-refractivity contribution in [2.45, 2.75) is 43.8 Å². The second kappa shape index (κ2) is 6.97. The zero-order valence-corrected chi connectivity index (χ0v) is 11.4. The van der Waals surface area contributed by atoms with Gasteiger partial charge in [0, 0.05) is 6.54 Å². The molecule has 1 rings (SSSR count). The van der Waals surface area contributed by atoms with Crippen LogP contribution in [0.3, 0.4) is 0 Å². The molecule has 1 saturated carbocycles. The Labute approximate surface area is 119 Å². The van der Waals surface area contributed by atoms with Gasteiger partial charge in [-0.25, -0.2) is 4.79 Å². The van der Waals surface area contributed by atoms with Crippen LogP contribution >= 0.6 is 0 Å². The standard InChI is InChI=1S/C12H19F3N2O4/c13-12(14,15)8-17(5-6-18)10(21)16-11(7-9(19)20)3-1-2-4-11/h18H,1-8H2,(H,16,21)(H,19,20). The van der Waals surface area contributed by atoms with E-state index >= 15 is 0 Å². The fourth-order valence-electron chi connectivity index (χ4n) is 2.58. The van der Waals surface area contributed by atoms with Gasteiger partial charge in [0.25, 0.3) is 0 Å². The molecule has 0 aromatic heterocycles. The third kappa shape index (κ3) is 5.78. The number of hydrogen-bond acceptors (Lipinski definition) is 3. The number of aliphatic hydroxyl groups excluding tert-OH is 1. The maximum Gasteiger partial charge on any atom is 0.406 e. The number of hydrogen-bond donors (Lipinski definition) is 3. The number of nitrogens with zero attached hydrogens (tertiary/aromatic N) is 1. The summed E-state index contributed by atoms with van der Waals surface area (Å²) in [5, 5.41) is 20.1. The molecule has 1 aliphatic carbocycles. The zero-order chi connectivity index (χ0) is 16.1. The van der Waals surface area contributed by atoms with Gasteiger partial charge in [-0.1, -0.05) is 12.8 Å². The van der Waals surface area contributed by atoms with Crippen LogP contribution in [0.1, 0.15) is 32.1 Å². The van der Waals surface area contributed by atoms with Crippen molar-refractivity contribution >= 4 is 12.0 Å². The number of carbonyl (C=O) groups is 2. The molecule has 0 radical (unpaired) electrons. The molecule has 0 aromatic rings. The highest BCUT2D eigenvalue weighted by Gasteiger charge is 2.40. The minimum absolute atomic E-state index is 0.322. The first-order valence-electron chi connectivity index (χ1n) is 6.64. The number of aliphatic hydroxyl groups is 1. The van der Waals surface area contributed by atoms with Crippen molar-refractivity contribution in [1.29, 1.82) is 0 Å². The average molecular weight is 312 g/mol. The summed E-state index contributed by atoms with van der Waals surface area (Å²) in [4.78, 5) is 23.3. The summed E-state index contributed by atoms with van der Waals surface area (Å²) in [6.45, 7) is -2.55. The third-order valence-corrected chi connectivity index (χ3v) is 3.45. The monoisotopic (exact) mass is 312 g/mol. The highest BCUT2D eigenvalue weighted by atomic mass is 19.4. The lowest BCUT2D eigenvalue weighted by atomic mass is 9.93. The fourth-order valence-corrected chi connectivity index (χ4v) is 2.58. The van der Waals surface area contributed by atoms with Gasteiger partial charge >= 0.3 is 18.2 Å². The van der Waals surface area contributed by atoms with Crippen LogP contribution in [0, 0.1) is 0 Å². The summed E-state index contributed by atoms with van der Waals surface area (Å²) in [5.74, 6) is -1.11. The van der Waals surface area contributed by atoms with Gasteiger partial charge in [-0.15, -0.1) is 0 Å². The summed E-state index contributed by atoms with van der Waals surface area (Å²) < 4.78 is 37.2. The van der Waals surface area contributed by atoms with E-state index < -0.39 is 43.4 Å². The van der Waals surface area contributed by atoms with Crippen LogP contribution < -0.4 is 5.32 Å². The van der Waals surface area contributed by atoms with Crippen LogP contribution in [0.5, 0.6) is 0 Å². The minimum atomic E-state index is -4.58. The molecular weight excluding hydrogens is 293 g/mol. The highest BCUT2D eigenvalue weighted by Crippen LogP contribution is 2.33. The van der Waals surface area contributed by atoms with Crippen molar-refractivity contribution in [2.75, 3.05) is 19.7 Å². The molecule has 0 aromatic carbocycles. The van der Waals surface area contributed by atoms with Crippen LogP contribution in [0.25, 0.3) is 0 Å².